The molecule has 0 saturated carbocycles. The van der Waals surface area contributed by atoms with E-state index in [1.165, 1.54) is 12.1 Å². The van der Waals surface area contributed by atoms with Gasteiger partial charge in [0, 0.05) is 17.2 Å². The number of ether oxygens (including phenoxy) is 2. The number of nitrogens with one attached hydrogen (secondary N) is 1. The van der Waals surface area contributed by atoms with Crippen molar-refractivity contribution >= 4 is 11.9 Å². The molecule has 0 aliphatic heterocycles. The van der Waals surface area contributed by atoms with Gasteiger partial charge in [-0.3, -0.25) is 9.59 Å². The third kappa shape index (κ3) is 6.16. The average molecular weight is 363 g/mol. The molecular weight excluding hydrogens is 344 g/mol. The minimum atomic E-state index is -2.96. The molecule has 0 heterocycles. The van der Waals surface area contributed by atoms with E-state index in [2.05, 4.69) is 10.1 Å². The number of para-hydroxylation sites is 1. The molecule has 26 heavy (non-hydrogen) atoms. The van der Waals surface area contributed by atoms with Crippen molar-refractivity contribution < 1.29 is 27.8 Å². The van der Waals surface area contributed by atoms with E-state index < -0.39 is 18.6 Å². The van der Waals surface area contributed by atoms with E-state index >= 15 is 0 Å². The largest absolute Gasteiger partial charge is 0.461 e. The van der Waals surface area contributed by atoms with Crippen LogP contribution in [0.4, 0.5) is 8.78 Å². The smallest absolute Gasteiger partial charge is 0.387 e. The van der Waals surface area contributed by atoms with Crippen LogP contribution < -0.4 is 10.1 Å². The fourth-order valence-corrected chi connectivity index (χ4v) is 2.25. The summed E-state index contributed by atoms with van der Waals surface area (Å²) < 4.78 is 34.2. The Balaban J connectivity index is 1.82. The summed E-state index contributed by atoms with van der Waals surface area (Å²) in [5.74, 6) is -0.889. The maximum absolute atomic E-state index is 12.4. The van der Waals surface area contributed by atoms with Gasteiger partial charge in [0.15, 0.2) is 0 Å². The third-order valence-electron chi connectivity index (χ3n) is 3.46. The lowest BCUT2D eigenvalue weighted by Crippen LogP contribution is -2.34. The van der Waals surface area contributed by atoms with Gasteiger partial charge in [0.1, 0.15) is 12.4 Å². The molecule has 0 fully saturated rings. The van der Waals surface area contributed by atoms with Crippen molar-refractivity contribution in [1.29, 1.82) is 0 Å². The van der Waals surface area contributed by atoms with Crippen LogP contribution in [0.2, 0.25) is 0 Å². The highest BCUT2D eigenvalue weighted by atomic mass is 19.3. The van der Waals surface area contributed by atoms with Gasteiger partial charge < -0.3 is 14.8 Å². The lowest BCUT2D eigenvalue weighted by molar-refractivity contribution is -0.145. The first kappa shape index (κ1) is 19.4. The summed E-state index contributed by atoms with van der Waals surface area (Å²) in [6, 6.07) is 14.3. The van der Waals surface area contributed by atoms with Gasteiger partial charge in [-0.15, -0.1) is 0 Å². The van der Waals surface area contributed by atoms with E-state index in [1.54, 1.807) is 49.4 Å². The fourth-order valence-electron chi connectivity index (χ4n) is 2.25. The summed E-state index contributed by atoms with van der Waals surface area (Å²) in [5.41, 5.74) is 0.827. The number of esters is 1. The first-order valence-electron chi connectivity index (χ1n) is 8.00. The fraction of sp³-hybridized carbons (Fsp3) is 0.263. The van der Waals surface area contributed by atoms with Gasteiger partial charge in [-0.1, -0.05) is 36.4 Å². The summed E-state index contributed by atoms with van der Waals surface area (Å²) in [6.45, 7) is -1.48. The van der Waals surface area contributed by atoms with Gasteiger partial charge in [-0.25, -0.2) is 0 Å². The molecule has 0 saturated heterocycles. The zero-order valence-electron chi connectivity index (χ0n) is 14.2. The van der Waals surface area contributed by atoms with Crippen molar-refractivity contribution in [1.82, 2.24) is 5.32 Å². The van der Waals surface area contributed by atoms with Crippen molar-refractivity contribution in [3.8, 4) is 5.75 Å². The minimum absolute atomic E-state index is 0.0410. The molecule has 0 spiro atoms. The summed E-state index contributed by atoms with van der Waals surface area (Å²) in [4.78, 5) is 23.9. The van der Waals surface area contributed by atoms with Gasteiger partial charge >= 0.3 is 12.6 Å². The van der Waals surface area contributed by atoms with Crippen LogP contribution in [0.25, 0.3) is 0 Å². The molecule has 0 aliphatic rings. The molecule has 1 atom stereocenters. The number of rotatable bonds is 8. The minimum Gasteiger partial charge on any atom is -0.461 e. The topological polar surface area (TPSA) is 64.6 Å². The van der Waals surface area contributed by atoms with Crippen LogP contribution in [0.1, 0.15) is 29.3 Å². The summed E-state index contributed by atoms with van der Waals surface area (Å²) in [5, 5.41) is 2.70. The molecule has 2 rings (SSSR count). The molecule has 1 unspecified atom stereocenters. The van der Waals surface area contributed by atoms with Crippen molar-refractivity contribution in [2.45, 2.75) is 32.6 Å². The Bertz CT molecular complexity index is 737. The van der Waals surface area contributed by atoms with Gasteiger partial charge in [-0.05, 0) is 25.1 Å². The molecule has 138 valence electrons. The van der Waals surface area contributed by atoms with Crippen LogP contribution in [0, 0.1) is 0 Å². The Morgan fingerprint density at radius 3 is 2.38 bits per heavy atom. The Hall–Kier alpha value is -2.96. The molecule has 1 N–H and O–H groups in total. The van der Waals surface area contributed by atoms with Gasteiger partial charge in [0.2, 0.25) is 0 Å². The molecule has 0 bridgehead atoms. The Labute approximate surface area is 149 Å². The summed E-state index contributed by atoms with van der Waals surface area (Å²) in [7, 11) is 0. The normalized spacial score (nSPS) is 11.7. The highest BCUT2D eigenvalue weighted by Gasteiger charge is 2.15. The molecule has 5 nitrogen and oxygen atoms in total. The number of hydrogen-bond acceptors (Lipinski definition) is 4. The molecular formula is C19H19F2NO4. The SMILES string of the molecule is CC(CC(=O)OCc1ccccc1OC(F)F)NC(=O)c1ccccc1. The van der Waals surface area contributed by atoms with E-state index in [9.17, 15) is 18.4 Å². The van der Waals surface area contributed by atoms with E-state index in [0.29, 0.717) is 11.1 Å². The number of carbonyl (C=O) groups excluding carboxylic acids is 2. The quantitative estimate of drug-likeness (QED) is 0.729. The van der Waals surface area contributed by atoms with Gasteiger partial charge in [0.05, 0.1) is 6.42 Å². The van der Waals surface area contributed by atoms with E-state index in [1.807, 2.05) is 0 Å². The second kappa shape index (κ2) is 9.50. The first-order valence-corrected chi connectivity index (χ1v) is 8.00. The molecule has 2 aromatic carbocycles. The number of benzene rings is 2. The first-order chi connectivity index (χ1) is 12.5. The molecule has 0 aliphatic carbocycles. The van der Waals surface area contributed by atoms with Crippen molar-refractivity contribution in [2.24, 2.45) is 0 Å². The molecule has 0 aromatic heterocycles. The zero-order chi connectivity index (χ0) is 18.9. The van der Waals surface area contributed by atoms with Crippen LogP contribution in [-0.4, -0.2) is 24.5 Å². The zero-order valence-corrected chi connectivity index (χ0v) is 14.2. The highest BCUT2D eigenvalue weighted by molar-refractivity contribution is 5.94. The second-order valence-electron chi connectivity index (χ2n) is 5.59. The van der Waals surface area contributed by atoms with Crippen molar-refractivity contribution in [3.63, 3.8) is 0 Å². The summed E-state index contributed by atoms with van der Waals surface area (Å²) in [6.07, 6.45) is -0.0452. The number of carbonyl (C=O) groups is 2. The van der Waals surface area contributed by atoms with E-state index in [4.69, 9.17) is 4.74 Å². The number of halogens is 2. The van der Waals surface area contributed by atoms with Crippen LogP contribution in [0.5, 0.6) is 5.75 Å². The molecule has 2 aromatic rings. The second-order valence-corrected chi connectivity index (χ2v) is 5.59. The molecule has 7 heteroatoms. The van der Waals surface area contributed by atoms with Crippen LogP contribution in [0.3, 0.4) is 0 Å². The lowest BCUT2D eigenvalue weighted by Gasteiger charge is -2.14. The van der Waals surface area contributed by atoms with Gasteiger partial charge in [-0.2, -0.15) is 8.78 Å². The molecule has 0 radical (unpaired) electrons. The number of hydrogen-bond donors (Lipinski definition) is 1. The highest BCUT2D eigenvalue weighted by Crippen LogP contribution is 2.21. The van der Waals surface area contributed by atoms with Crippen LogP contribution in [-0.2, 0) is 16.1 Å². The molecule has 1 amide bonds. The third-order valence-corrected chi connectivity index (χ3v) is 3.46. The Morgan fingerprint density at radius 2 is 1.69 bits per heavy atom. The summed E-state index contributed by atoms with van der Waals surface area (Å²) >= 11 is 0. The van der Waals surface area contributed by atoms with Crippen molar-refractivity contribution in [3.05, 3.63) is 65.7 Å². The van der Waals surface area contributed by atoms with E-state index in [0.717, 1.165) is 0 Å². The Morgan fingerprint density at radius 1 is 1.04 bits per heavy atom. The number of alkyl halides is 2. The van der Waals surface area contributed by atoms with Crippen LogP contribution in [0.15, 0.2) is 54.6 Å². The van der Waals surface area contributed by atoms with Crippen molar-refractivity contribution in [2.75, 3.05) is 0 Å². The Kier molecular flexibility index (Phi) is 7.08. The van der Waals surface area contributed by atoms with Gasteiger partial charge in [0.25, 0.3) is 5.91 Å². The predicted octanol–water partition coefficient (Wildman–Crippen LogP) is 3.54. The maximum atomic E-state index is 12.4. The monoisotopic (exact) mass is 363 g/mol. The standard InChI is InChI=1S/C19H19F2NO4/c1-13(22-18(24)14-7-3-2-4-8-14)11-17(23)25-12-15-9-5-6-10-16(15)26-19(20)21/h2-10,13,19H,11-12H2,1H3,(H,22,24). The van der Waals surface area contributed by atoms with Crippen LogP contribution >= 0.6 is 0 Å². The maximum Gasteiger partial charge on any atom is 0.387 e. The predicted molar refractivity (Wildman–Crippen MR) is 90.9 cm³/mol. The lowest BCUT2D eigenvalue weighted by atomic mass is 10.2. The average Bonchev–Trinajstić information content (AvgIpc) is 2.61. The van der Waals surface area contributed by atoms with E-state index in [-0.39, 0.29) is 24.7 Å². The number of amides is 1.